The second-order valence-electron chi connectivity index (χ2n) is 3.84. The molecule has 100 valence electrons. The first-order chi connectivity index (χ1) is 8.47. The van der Waals surface area contributed by atoms with Gasteiger partial charge in [-0.15, -0.1) is 0 Å². The molecule has 0 radical (unpaired) electrons. The highest BCUT2D eigenvalue weighted by Crippen LogP contribution is 2.21. The molecule has 0 aliphatic rings. The van der Waals surface area contributed by atoms with Crippen LogP contribution in [0.25, 0.3) is 0 Å². The fourth-order valence-corrected chi connectivity index (χ4v) is 2.62. The Morgan fingerprint density at radius 1 is 1.56 bits per heavy atom. The van der Waals surface area contributed by atoms with Crippen molar-refractivity contribution in [2.24, 2.45) is 0 Å². The van der Waals surface area contributed by atoms with Gasteiger partial charge in [-0.05, 0) is 28.1 Å². The van der Waals surface area contributed by atoms with E-state index in [0.717, 1.165) is 0 Å². The first-order valence-corrected chi connectivity index (χ1v) is 7.00. The number of nitrogens with zero attached hydrogens (tertiary/aromatic N) is 1. The van der Waals surface area contributed by atoms with Crippen molar-refractivity contribution < 1.29 is 13.9 Å². The SMILES string of the molecule is COCC(Br)CN(C)C(=O)c1cccc(F)c1Br. The van der Waals surface area contributed by atoms with E-state index < -0.39 is 5.82 Å². The molecule has 0 heterocycles. The summed E-state index contributed by atoms with van der Waals surface area (Å²) in [5.74, 6) is -0.677. The standard InChI is InChI=1S/C12H14Br2FNO2/c1-16(6-8(13)7-18-2)12(17)9-4-3-5-10(15)11(9)14/h3-5,8H,6-7H2,1-2H3. The lowest BCUT2D eigenvalue weighted by Gasteiger charge is -2.21. The Kier molecular flexibility index (Phi) is 6.25. The van der Waals surface area contributed by atoms with E-state index in [1.807, 2.05) is 0 Å². The molecular formula is C12H14Br2FNO2. The molecule has 1 rings (SSSR count). The Bertz CT molecular complexity index is 429. The van der Waals surface area contributed by atoms with E-state index in [1.54, 1.807) is 20.2 Å². The van der Waals surface area contributed by atoms with Gasteiger partial charge in [-0.25, -0.2) is 4.39 Å². The number of amides is 1. The summed E-state index contributed by atoms with van der Waals surface area (Å²) in [7, 11) is 3.27. The Balaban J connectivity index is 2.77. The molecule has 0 aliphatic heterocycles. The van der Waals surface area contributed by atoms with Gasteiger partial charge in [-0.1, -0.05) is 22.0 Å². The summed E-state index contributed by atoms with van der Waals surface area (Å²) in [4.78, 5) is 13.7. The van der Waals surface area contributed by atoms with E-state index in [-0.39, 0.29) is 15.2 Å². The smallest absolute Gasteiger partial charge is 0.254 e. The maximum Gasteiger partial charge on any atom is 0.254 e. The lowest BCUT2D eigenvalue weighted by Crippen LogP contribution is -2.34. The van der Waals surface area contributed by atoms with Crippen molar-refractivity contribution in [2.45, 2.75) is 4.83 Å². The summed E-state index contributed by atoms with van der Waals surface area (Å²) < 4.78 is 18.5. The summed E-state index contributed by atoms with van der Waals surface area (Å²) in [5.41, 5.74) is 0.314. The van der Waals surface area contributed by atoms with E-state index in [4.69, 9.17) is 4.74 Å². The molecule has 3 nitrogen and oxygen atoms in total. The van der Waals surface area contributed by atoms with Crippen LogP contribution in [0.15, 0.2) is 22.7 Å². The van der Waals surface area contributed by atoms with Crippen LogP contribution in [0, 0.1) is 5.82 Å². The normalized spacial score (nSPS) is 12.3. The highest BCUT2D eigenvalue weighted by Gasteiger charge is 2.19. The second kappa shape index (κ2) is 7.21. The summed E-state index contributed by atoms with van der Waals surface area (Å²) in [6.45, 7) is 0.984. The molecule has 1 amide bonds. The van der Waals surface area contributed by atoms with Gasteiger partial charge in [0.05, 0.1) is 21.5 Å². The summed E-state index contributed by atoms with van der Waals surface area (Å²) >= 11 is 6.49. The van der Waals surface area contributed by atoms with E-state index >= 15 is 0 Å². The fraction of sp³-hybridized carbons (Fsp3) is 0.417. The largest absolute Gasteiger partial charge is 0.383 e. The Morgan fingerprint density at radius 3 is 2.83 bits per heavy atom. The average Bonchev–Trinajstić information content (AvgIpc) is 2.32. The van der Waals surface area contributed by atoms with Crippen molar-refractivity contribution in [3.05, 3.63) is 34.1 Å². The maximum atomic E-state index is 13.3. The monoisotopic (exact) mass is 381 g/mol. The summed E-state index contributed by atoms with van der Waals surface area (Å²) in [5, 5.41) is 0. The third-order valence-electron chi connectivity index (χ3n) is 2.35. The Labute approximate surface area is 123 Å². The van der Waals surface area contributed by atoms with E-state index in [9.17, 15) is 9.18 Å². The minimum absolute atomic E-state index is 0.0452. The highest BCUT2D eigenvalue weighted by atomic mass is 79.9. The number of methoxy groups -OCH3 is 1. The number of halogens is 3. The molecule has 0 saturated heterocycles. The zero-order valence-electron chi connectivity index (χ0n) is 10.1. The van der Waals surface area contributed by atoms with Gasteiger partial charge in [0.25, 0.3) is 5.91 Å². The maximum absolute atomic E-state index is 13.3. The molecule has 0 bridgehead atoms. The van der Waals surface area contributed by atoms with Crippen molar-refractivity contribution in [3.63, 3.8) is 0 Å². The molecule has 0 fully saturated rings. The summed E-state index contributed by atoms with van der Waals surface area (Å²) in [6.07, 6.45) is 0. The predicted octanol–water partition coefficient (Wildman–Crippen LogP) is 3.07. The quantitative estimate of drug-likeness (QED) is 0.732. The van der Waals surface area contributed by atoms with Gasteiger partial charge in [-0.2, -0.15) is 0 Å². The number of carbonyl (C=O) groups excluding carboxylic acids is 1. The number of hydrogen-bond donors (Lipinski definition) is 0. The van der Waals surface area contributed by atoms with Gasteiger partial charge in [0, 0.05) is 20.7 Å². The summed E-state index contributed by atoms with van der Waals surface area (Å²) in [6, 6.07) is 4.41. The lowest BCUT2D eigenvalue weighted by molar-refractivity contribution is 0.0782. The third-order valence-corrected chi connectivity index (χ3v) is 3.71. The highest BCUT2D eigenvalue weighted by molar-refractivity contribution is 9.10. The molecule has 18 heavy (non-hydrogen) atoms. The van der Waals surface area contributed by atoms with Gasteiger partial charge in [0.2, 0.25) is 0 Å². The first kappa shape index (κ1) is 15.6. The first-order valence-electron chi connectivity index (χ1n) is 5.29. The van der Waals surface area contributed by atoms with Crippen LogP contribution in [0.4, 0.5) is 4.39 Å². The zero-order chi connectivity index (χ0) is 13.7. The molecule has 1 aromatic rings. The number of benzene rings is 1. The molecule has 0 aromatic heterocycles. The molecule has 0 aliphatic carbocycles. The van der Waals surface area contributed by atoms with Crippen LogP contribution in [-0.4, -0.2) is 42.9 Å². The molecule has 1 aromatic carbocycles. The minimum atomic E-state index is -0.443. The Morgan fingerprint density at radius 2 is 2.22 bits per heavy atom. The Hall–Kier alpha value is -0.460. The zero-order valence-corrected chi connectivity index (χ0v) is 13.3. The molecule has 0 spiro atoms. The van der Waals surface area contributed by atoms with Crippen molar-refractivity contribution >= 4 is 37.8 Å². The molecule has 1 atom stereocenters. The van der Waals surface area contributed by atoms with E-state index in [1.165, 1.54) is 17.0 Å². The number of hydrogen-bond acceptors (Lipinski definition) is 2. The average molecular weight is 383 g/mol. The van der Waals surface area contributed by atoms with Crippen molar-refractivity contribution in [1.82, 2.24) is 4.90 Å². The van der Waals surface area contributed by atoms with Crippen LogP contribution in [0.1, 0.15) is 10.4 Å². The molecule has 0 saturated carbocycles. The van der Waals surface area contributed by atoms with E-state index in [0.29, 0.717) is 18.7 Å². The van der Waals surface area contributed by atoms with Crippen LogP contribution >= 0.6 is 31.9 Å². The number of carbonyl (C=O) groups is 1. The predicted molar refractivity (Wildman–Crippen MR) is 75.7 cm³/mol. The van der Waals surface area contributed by atoms with Crippen LogP contribution in [0.5, 0.6) is 0 Å². The molecular weight excluding hydrogens is 369 g/mol. The van der Waals surface area contributed by atoms with Gasteiger partial charge in [0.1, 0.15) is 5.82 Å². The second-order valence-corrected chi connectivity index (χ2v) is 5.93. The van der Waals surface area contributed by atoms with Crippen LogP contribution in [-0.2, 0) is 4.74 Å². The van der Waals surface area contributed by atoms with Crippen LogP contribution in [0.2, 0.25) is 0 Å². The molecule has 0 N–H and O–H groups in total. The number of rotatable bonds is 5. The van der Waals surface area contributed by atoms with Gasteiger partial charge in [-0.3, -0.25) is 4.79 Å². The lowest BCUT2D eigenvalue weighted by atomic mass is 10.2. The van der Waals surface area contributed by atoms with Gasteiger partial charge < -0.3 is 9.64 Å². The van der Waals surface area contributed by atoms with Gasteiger partial charge >= 0.3 is 0 Å². The van der Waals surface area contributed by atoms with Crippen LogP contribution < -0.4 is 0 Å². The van der Waals surface area contributed by atoms with Crippen molar-refractivity contribution in [3.8, 4) is 0 Å². The van der Waals surface area contributed by atoms with Gasteiger partial charge in [0.15, 0.2) is 0 Å². The number of alkyl halides is 1. The number of ether oxygens (including phenoxy) is 1. The molecule has 6 heteroatoms. The van der Waals surface area contributed by atoms with E-state index in [2.05, 4.69) is 31.9 Å². The van der Waals surface area contributed by atoms with Crippen molar-refractivity contribution in [1.29, 1.82) is 0 Å². The third kappa shape index (κ3) is 4.03. The minimum Gasteiger partial charge on any atom is -0.383 e. The van der Waals surface area contributed by atoms with Crippen molar-refractivity contribution in [2.75, 3.05) is 27.3 Å². The topological polar surface area (TPSA) is 29.5 Å². The van der Waals surface area contributed by atoms with Crippen LogP contribution in [0.3, 0.4) is 0 Å². The fourth-order valence-electron chi connectivity index (χ4n) is 1.49. The molecule has 1 unspecified atom stereocenters.